The van der Waals surface area contributed by atoms with Gasteiger partial charge in [-0.15, -0.1) is 0 Å². The molecule has 4 rings (SSSR count). The minimum atomic E-state index is -0.198. The number of hydrogen-bond donors (Lipinski definition) is 1. The van der Waals surface area contributed by atoms with Gasteiger partial charge < -0.3 is 4.90 Å². The van der Waals surface area contributed by atoms with Crippen LogP contribution in [0.2, 0.25) is 0 Å². The fourth-order valence-electron chi connectivity index (χ4n) is 3.71. The zero-order valence-electron chi connectivity index (χ0n) is 15.3. The third-order valence-corrected chi connectivity index (χ3v) is 5.25. The van der Waals surface area contributed by atoms with Crippen molar-refractivity contribution in [1.29, 1.82) is 0 Å². The van der Waals surface area contributed by atoms with Crippen LogP contribution in [0.25, 0.3) is 0 Å². The third-order valence-electron chi connectivity index (χ3n) is 5.25. The molecule has 2 aromatic rings. The summed E-state index contributed by atoms with van der Waals surface area (Å²) in [5, 5.41) is 11.9. The number of aromatic amines is 1. The predicted octanol–water partition coefficient (Wildman–Crippen LogP) is 3.26. The summed E-state index contributed by atoms with van der Waals surface area (Å²) in [6.07, 6.45) is 6.29. The highest BCUT2D eigenvalue weighted by Crippen LogP contribution is 2.40. The molecule has 0 bridgehead atoms. The van der Waals surface area contributed by atoms with Crippen molar-refractivity contribution in [3.05, 3.63) is 35.4 Å². The van der Waals surface area contributed by atoms with Crippen LogP contribution in [0.15, 0.2) is 18.3 Å². The van der Waals surface area contributed by atoms with E-state index in [0.717, 1.165) is 43.0 Å². The maximum Gasteiger partial charge on any atom is 0.272 e. The summed E-state index contributed by atoms with van der Waals surface area (Å²) in [6.45, 7) is 7.89. The minimum Gasteiger partial charge on any atom is -0.337 e. The van der Waals surface area contributed by atoms with E-state index in [-0.39, 0.29) is 11.4 Å². The molecule has 134 valence electrons. The first-order chi connectivity index (χ1) is 11.9. The number of piperidine rings is 1. The maximum absolute atomic E-state index is 13.3. The van der Waals surface area contributed by atoms with Crippen LogP contribution in [0.4, 0.5) is 0 Å². The summed E-state index contributed by atoms with van der Waals surface area (Å²) in [6, 6.07) is 4.05. The monoisotopic (exact) mass is 341 g/mol. The molecule has 1 unspecified atom stereocenters. The molecule has 1 saturated heterocycles. The van der Waals surface area contributed by atoms with Gasteiger partial charge >= 0.3 is 0 Å². The minimum absolute atomic E-state index is 0.110. The molecule has 0 spiro atoms. The van der Waals surface area contributed by atoms with Gasteiger partial charge in [0, 0.05) is 36.8 Å². The lowest BCUT2D eigenvalue weighted by atomic mass is 9.94. The molecule has 1 N–H and O–H groups in total. The second-order valence-electron chi connectivity index (χ2n) is 8.41. The van der Waals surface area contributed by atoms with E-state index >= 15 is 0 Å². The molecule has 1 aliphatic carbocycles. The largest absolute Gasteiger partial charge is 0.337 e. The Kier molecular flexibility index (Phi) is 3.93. The predicted molar refractivity (Wildman–Crippen MR) is 95.7 cm³/mol. The topological polar surface area (TPSA) is 66.8 Å². The first kappa shape index (κ1) is 16.4. The molecular formula is C19H27N5O. The van der Waals surface area contributed by atoms with Crippen LogP contribution >= 0.6 is 0 Å². The summed E-state index contributed by atoms with van der Waals surface area (Å²) in [5.74, 6) is 1.00. The summed E-state index contributed by atoms with van der Waals surface area (Å²) in [7, 11) is 0. The molecule has 2 aliphatic rings. The van der Waals surface area contributed by atoms with Crippen LogP contribution in [-0.2, 0) is 5.54 Å². The maximum atomic E-state index is 13.3. The number of carbonyl (C=O) groups excluding carboxylic acids is 1. The SMILES string of the molecule is CC(C)(C)n1nc(C2CC2)cc1C(=O)N1CCCC(c2ccn[nH]2)C1. The van der Waals surface area contributed by atoms with Gasteiger partial charge in [0.15, 0.2) is 0 Å². The lowest BCUT2D eigenvalue weighted by Gasteiger charge is -2.33. The second kappa shape index (κ2) is 6.00. The van der Waals surface area contributed by atoms with Crippen molar-refractivity contribution in [1.82, 2.24) is 24.9 Å². The quantitative estimate of drug-likeness (QED) is 0.932. The van der Waals surface area contributed by atoms with Gasteiger partial charge in [-0.1, -0.05) is 0 Å². The van der Waals surface area contributed by atoms with E-state index in [2.05, 4.69) is 31.0 Å². The van der Waals surface area contributed by atoms with Gasteiger partial charge in [0.25, 0.3) is 5.91 Å². The van der Waals surface area contributed by atoms with Crippen LogP contribution in [0.3, 0.4) is 0 Å². The summed E-state index contributed by atoms with van der Waals surface area (Å²) >= 11 is 0. The number of carbonyl (C=O) groups is 1. The lowest BCUT2D eigenvalue weighted by Crippen LogP contribution is -2.41. The fraction of sp³-hybridized carbons (Fsp3) is 0.632. The molecule has 6 heteroatoms. The highest BCUT2D eigenvalue weighted by atomic mass is 16.2. The van der Waals surface area contributed by atoms with Crippen molar-refractivity contribution in [2.45, 2.75) is 63.8 Å². The molecule has 1 aliphatic heterocycles. The molecule has 1 atom stereocenters. The second-order valence-corrected chi connectivity index (χ2v) is 8.41. The van der Waals surface area contributed by atoms with Crippen LogP contribution in [-0.4, -0.2) is 43.9 Å². The van der Waals surface area contributed by atoms with Crippen LogP contribution in [0.5, 0.6) is 0 Å². The number of amides is 1. The van der Waals surface area contributed by atoms with E-state index in [1.807, 2.05) is 21.7 Å². The number of nitrogens with zero attached hydrogens (tertiary/aromatic N) is 4. The van der Waals surface area contributed by atoms with Crippen LogP contribution < -0.4 is 0 Å². The number of rotatable bonds is 3. The number of likely N-dealkylation sites (tertiary alicyclic amines) is 1. The Bertz CT molecular complexity index is 751. The van der Waals surface area contributed by atoms with Crippen molar-refractivity contribution < 1.29 is 4.79 Å². The fourth-order valence-corrected chi connectivity index (χ4v) is 3.71. The Morgan fingerprint density at radius 3 is 2.68 bits per heavy atom. The van der Waals surface area contributed by atoms with Gasteiger partial charge in [-0.3, -0.25) is 14.6 Å². The Hall–Kier alpha value is -2.11. The zero-order chi connectivity index (χ0) is 17.6. The molecule has 25 heavy (non-hydrogen) atoms. The molecule has 3 heterocycles. The summed E-state index contributed by atoms with van der Waals surface area (Å²) in [4.78, 5) is 15.3. The highest BCUT2D eigenvalue weighted by Gasteiger charge is 2.34. The average Bonchev–Trinajstić information content (AvgIpc) is 3.12. The van der Waals surface area contributed by atoms with Crippen LogP contribution in [0, 0.1) is 0 Å². The normalized spacial score (nSPS) is 21.6. The van der Waals surface area contributed by atoms with Crippen molar-refractivity contribution in [2.24, 2.45) is 0 Å². The van der Waals surface area contributed by atoms with E-state index < -0.39 is 0 Å². The molecule has 2 aromatic heterocycles. The Labute approximate surface area is 148 Å². The molecule has 1 amide bonds. The van der Waals surface area contributed by atoms with E-state index in [0.29, 0.717) is 11.8 Å². The Morgan fingerprint density at radius 1 is 1.24 bits per heavy atom. The van der Waals surface area contributed by atoms with E-state index in [1.54, 1.807) is 6.20 Å². The Balaban J connectivity index is 1.59. The van der Waals surface area contributed by atoms with E-state index in [1.165, 1.54) is 12.8 Å². The summed E-state index contributed by atoms with van der Waals surface area (Å²) in [5.41, 5.74) is 2.75. The highest BCUT2D eigenvalue weighted by molar-refractivity contribution is 5.93. The zero-order valence-corrected chi connectivity index (χ0v) is 15.3. The Morgan fingerprint density at radius 2 is 2.04 bits per heavy atom. The van der Waals surface area contributed by atoms with E-state index in [9.17, 15) is 4.79 Å². The van der Waals surface area contributed by atoms with Crippen molar-refractivity contribution >= 4 is 5.91 Å². The molecule has 0 aromatic carbocycles. The smallest absolute Gasteiger partial charge is 0.272 e. The van der Waals surface area contributed by atoms with Gasteiger partial charge in [-0.05, 0) is 58.6 Å². The standard InChI is InChI=1S/C19H27N5O/c1-19(2,3)24-17(11-16(22-24)13-6-7-13)18(25)23-10-4-5-14(12-23)15-8-9-20-21-15/h8-9,11,13-14H,4-7,10,12H2,1-3H3,(H,20,21). The number of nitrogens with one attached hydrogen (secondary N) is 1. The van der Waals surface area contributed by atoms with Crippen LogP contribution in [0.1, 0.15) is 80.2 Å². The third kappa shape index (κ3) is 3.22. The van der Waals surface area contributed by atoms with E-state index in [4.69, 9.17) is 5.10 Å². The van der Waals surface area contributed by atoms with Crippen molar-refractivity contribution in [3.8, 4) is 0 Å². The molecule has 2 fully saturated rings. The van der Waals surface area contributed by atoms with Crippen molar-refractivity contribution in [2.75, 3.05) is 13.1 Å². The molecule has 0 radical (unpaired) electrons. The van der Waals surface area contributed by atoms with Gasteiger partial charge in [0.05, 0.1) is 11.2 Å². The molecule has 6 nitrogen and oxygen atoms in total. The van der Waals surface area contributed by atoms with Gasteiger partial charge in [-0.25, -0.2) is 0 Å². The molecular weight excluding hydrogens is 314 g/mol. The molecule has 1 saturated carbocycles. The first-order valence-electron chi connectivity index (χ1n) is 9.32. The number of H-pyrrole nitrogens is 1. The average molecular weight is 341 g/mol. The summed E-state index contributed by atoms with van der Waals surface area (Å²) < 4.78 is 1.93. The number of hydrogen-bond acceptors (Lipinski definition) is 3. The van der Waals surface area contributed by atoms with Gasteiger partial charge in [0.1, 0.15) is 5.69 Å². The first-order valence-corrected chi connectivity index (χ1v) is 9.32. The van der Waals surface area contributed by atoms with Gasteiger partial charge in [0.2, 0.25) is 0 Å². The number of aromatic nitrogens is 4. The van der Waals surface area contributed by atoms with Crippen molar-refractivity contribution in [3.63, 3.8) is 0 Å². The lowest BCUT2D eigenvalue weighted by molar-refractivity contribution is 0.0685. The van der Waals surface area contributed by atoms with Gasteiger partial charge in [-0.2, -0.15) is 10.2 Å².